The zero-order chi connectivity index (χ0) is 74.1. The molecule has 5 aromatic heterocycles. The van der Waals surface area contributed by atoms with Crippen LogP contribution in [0.4, 0.5) is 17.6 Å². The predicted molar refractivity (Wildman–Crippen MR) is 395 cm³/mol. The fourth-order valence-electron chi connectivity index (χ4n) is 11.7. The van der Waals surface area contributed by atoms with Gasteiger partial charge in [0.05, 0.1) is 43.0 Å². The van der Waals surface area contributed by atoms with E-state index in [1.54, 1.807) is 45.0 Å². The third-order valence-electron chi connectivity index (χ3n) is 17.0. The molecule has 6 heterocycles. The Morgan fingerprint density at radius 2 is 1.17 bits per heavy atom. The van der Waals surface area contributed by atoms with E-state index in [1.807, 2.05) is 29.8 Å². The van der Waals surface area contributed by atoms with Crippen LogP contribution in [0.15, 0.2) is 74.6 Å². The van der Waals surface area contributed by atoms with Gasteiger partial charge in [-0.1, -0.05) is 6.92 Å². The Labute approximate surface area is 627 Å². The summed E-state index contributed by atoms with van der Waals surface area (Å²) in [6, 6.07) is 12.9. The second-order valence-electron chi connectivity index (χ2n) is 23.3. The van der Waals surface area contributed by atoms with E-state index >= 15 is 0 Å². The highest BCUT2D eigenvalue weighted by atomic mass is 35.5. The lowest BCUT2D eigenvalue weighted by molar-refractivity contribution is -0.402. The number of aryl methyl sites for hydroxylation is 1. The van der Waals surface area contributed by atoms with Crippen molar-refractivity contribution in [3.63, 3.8) is 0 Å². The lowest BCUT2D eigenvalue weighted by Crippen LogP contribution is -2.37. The molecule has 0 radical (unpaired) electrons. The van der Waals surface area contributed by atoms with Crippen LogP contribution >= 0.6 is 116 Å². The highest BCUT2D eigenvalue weighted by Gasteiger charge is 2.52. The number of furan rings is 2. The van der Waals surface area contributed by atoms with Crippen LogP contribution < -0.4 is 19.8 Å². The molecule has 7 aromatic rings. The number of hydrogen-bond donors (Lipinski definition) is 0. The van der Waals surface area contributed by atoms with E-state index in [9.17, 15) is 48.8 Å². The summed E-state index contributed by atoms with van der Waals surface area (Å²) in [5.41, 5.74) is 1.70. The zero-order valence-corrected chi connectivity index (χ0v) is 64.9. The number of likely N-dealkylation sites (N-methyl/N-ethyl adjacent to an activating group) is 1. The highest BCUT2D eigenvalue weighted by Crippen LogP contribution is 2.66. The summed E-state index contributed by atoms with van der Waals surface area (Å²) in [6.45, 7) is 3.59. The first-order valence-electron chi connectivity index (χ1n) is 32.3. The minimum Gasteiger partial charge on any atom is -0.496 e. The Kier molecular flexibility index (Phi) is 31.6. The molecule has 2 saturated carbocycles. The fourth-order valence-corrected chi connectivity index (χ4v) is 22.2. The molecule has 41 heteroatoms. The quantitative estimate of drug-likeness (QED) is 0.0113. The first-order chi connectivity index (χ1) is 49.0. The summed E-state index contributed by atoms with van der Waals surface area (Å²) in [6.07, 6.45) is 8.13. The van der Waals surface area contributed by atoms with Gasteiger partial charge < -0.3 is 42.3 Å². The van der Waals surface area contributed by atoms with Crippen LogP contribution in [0.3, 0.4) is 0 Å². The number of halogens is 8. The van der Waals surface area contributed by atoms with Gasteiger partial charge in [-0.2, -0.15) is 0 Å². The van der Waals surface area contributed by atoms with Crippen molar-refractivity contribution in [2.45, 2.75) is 83.5 Å². The van der Waals surface area contributed by atoms with Gasteiger partial charge in [-0.05, 0) is 92.3 Å². The monoisotopic (exact) mass is 1640 g/mol. The molecular weight excluding hydrogens is 1570 g/mol. The highest BCUT2D eigenvalue weighted by molar-refractivity contribution is 7.57. The van der Waals surface area contributed by atoms with Crippen LogP contribution in [0.1, 0.15) is 61.9 Å². The van der Waals surface area contributed by atoms with Crippen molar-refractivity contribution in [2.75, 3.05) is 120 Å². The summed E-state index contributed by atoms with van der Waals surface area (Å²) in [7, 11) is -5.99. The molecule has 0 bridgehead atoms. The number of aromatic nitrogens is 4. The summed E-state index contributed by atoms with van der Waals surface area (Å²) >= 11 is 47.6. The van der Waals surface area contributed by atoms with Crippen LogP contribution in [0.25, 0.3) is 32.6 Å². The van der Waals surface area contributed by atoms with Crippen molar-refractivity contribution >= 4 is 166 Å². The van der Waals surface area contributed by atoms with Gasteiger partial charge in [0.1, 0.15) is 53.1 Å². The smallest absolute Gasteiger partial charge is 0.433 e. The number of ether oxygens (including phenoxy) is 3. The molecule has 2 aliphatic carbocycles. The number of benzene rings is 2. The van der Waals surface area contributed by atoms with Gasteiger partial charge in [0.25, 0.3) is 13.1 Å². The minimum absolute atomic E-state index is 0.0673. The van der Waals surface area contributed by atoms with Gasteiger partial charge in [-0.15, -0.1) is 92.8 Å². The zero-order valence-electron chi connectivity index (χ0n) is 56.2. The number of pyridine rings is 2. The SMILES string of the molecule is CCc1cc2c(=O)n(CCN(C)P(=O)(OCc3ccc([N+](=O)[O-])o3)N(CCCl)CCCl)c3c4cc5c(cc4ncc3c2cc1OC)OCO5.Cn1c([N+](=O)[O-])cnc1COP(=O)(N(CCCl)CCCl)N(CCCl)CCCl.O=[N+]([O-])c1ccc(COP(=O)(C(CCCl)C2CC2)N(CCCl)C2CC2)o1. The third kappa shape index (κ3) is 19.9. The molecule has 3 aliphatic rings. The number of methoxy groups -OCH3 is 1. The molecule has 2 fully saturated rings. The predicted octanol–water partition coefficient (Wildman–Crippen LogP) is 15.1. The molecule has 102 heavy (non-hydrogen) atoms. The molecule has 0 spiro atoms. The molecule has 10 rings (SSSR count). The summed E-state index contributed by atoms with van der Waals surface area (Å²) in [5, 5.41) is 35.5. The maximum Gasteiger partial charge on any atom is 0.433 e. The Morgan fingerprint density at radius 3 is 1.65 bits per heavy atom. The molecule has 562 valence electrons. The van der Waals surface area contributed by atoms with E-state index in [2.05, 4.69) is 4.98 Å². The average molecular weight is 1640 g/mol. The van der Waals surface area contributed by atoms with Gasteiger partial charge in [-0.3, -0.25) is 52.7 Å². The number of hydrogen-bond acceptors (Lipinski definition) is 20. The first kappa shape index (κ1) is 83.0. The largest absolute Gasteiger partial charge is 0.496 e. The van der Waals surface area contributed by atoms with Crippen LogP contribution in [-0.4, -0.2) is 189 Å². The number of nitrogens with zero attached hydrogens (tertiary/aromatic N) is 12. The number of imidazole rings is 1. The molecule has 2 aromatic carbocycles. The van der Waals surface area contributed by atoms with E-state index in [1.165, 1.54) is 40.6 Å². The number of nitro groups is 3. The number of rotatable bonds is 41. The van der Waals surface area contributed by atoms with E-state index in [-0.39, 0.29) is 155 Å². The summed E-state index contributed by atoms with van der Waals surface area (Å²) in [5.74, 6) is 3.69. The Bertz CT molecular complexity index is 4160. The second kappa shape index (κ2) is 38.8. The van der Waals surface area contributed by atoms with E-state index in [0.29, 0.717) is 92.7 Å². The summed E-state index contributed by atoms with van der Waals surface area (Å²) < 4.78 is 98.9. The maximum atomic E-state index is 14.8. The van der Waals surface area contributed by atoms with Gasteiger partial charge in [0.15, 0.2) is 11.5 Å². The van der Waals surface area contributed by atoms with E-state index in [0.717, 1.165) is 37.4 Å². The maximum absolute atomic E-state index is 14.8. The Morgan fingerprint density at radius 1 is 0.627 bits per heavy atom. The molecule has 0 amide bonds. The molecule has 1 aliphatic heterocycles. The lowest BCUT2D eigenvalue weighted by Gasteiger charge is -2.37. The van der Waals surface area contributed by atoms with Crippen molar-refractivity contribution in [3.05, 3.63) is 125 Å². The Balaban J connectivity index is 0.000000212. The molecule has 0 N–H and O–H groups in total. The van der Waals surface area contributed by atoms with Gasteiger partial charge in [-0.25, -0.2) is 32.9 Å². The molecule has 0 saturated heterocycles. The van der Waals surface area contributed by atoms with Crippen molar-refractivity contribution in [3.8, 4) is 17.2 Å². The van der Waals surface area contributed by atoms with Crippen LogP contribution in [0, 0.1) is 36.3 Å². The number of fused-ring (bicyclic) bond motifs is 6. The molecule has 3 atom stereocenters. The van der Waals surface area contributed by atoms with Crippen molar-refractivity contribution in [2.24, 2.45) is 13.0 Å². The third-order valence-corrected chi connectivity index (χ3v) is 27.0. The summed E-state index contributed by atoms with van der Waals surface area (Å²) in [4.78, 5) is 54.2. The van der Waals surface area contributed by atoms with Crippen molar-refractivity contribution in [1.29, 1.82) is 0 Å². The normalized spacial score (nSPS) is 15.3. The Hall–Kier alpha value is -4.62. The fraction of sp³-hybridized carbons (Fsp3) is 0.557. The van der Waals surface area contributed by atoms with Crippen molar-refractivity contribution in [1.82, 2.24) is 42.5 Å². The lowest BCUT2D eigenvalue weighted by atomic mass is 10.0. The topological polar surface area (TPSA) is 331 Å². The second-order valence-corrected chi connectivity index (χ2v) is 33.8. The first-order valence-corrected chi connectivity index (χ1v) is 41.3. The standard InChI is InChI=1S/C32H34Cl2N5O9P.C16H23Cl2N2O5P.C13H22Cl4N5O4P/c1-4-20-13-23-22(14-27(20)44-3)25-17-35-26-16-29-28(45-19-46-29)15-24(26)31(25)38(32(23)40)12-11-36(2)49(43,37(9-7-33)10-8-34)47-18-21-5-6-30(48-21)39(41)42;17-8-7-15(12-1-2-12)26(23,19(10-9-18)13-3-4-13)24-11-14-5-6-16(25-14)20(21)22;1-19-12(18-10-13(19)22(23)24)11-26-27(25,20(6-2-14)7-3-15)21(8-4-16)9-5-17/h5-6,13-17H,4,7-12,18-19H2,1-3H3;5-6,12-13,15H,1-4,7-11H2;10H,2-9,11H2,1H3. The van der Waals surface area contributed by atoms with E-state index in [4.69, 9.17) is 134 Å². The molecule has 30 nitrogen and oxygen atoms in total. The van der Waals surface area contributed by atoms with E-state index < -0.39 is 43.5 Å². The number of alkyl halides is 8. The van der Waals surface area contributed by atoms with Gasteiger partial charge in [0.2, 0.25) is 12.6 Å². The molecule has 3 unspecified atom stereocenters. The average Bonchev–Trinajstić information content (AvgIpc) is 1.12. The van der Waals surface area contributed by atoms with Crippen LogP contribution in [-0.2, 0) is 67.1 Å². The van der Waals surface area contributed by atoms with Crippen LogP contribution in [0.2, 0.25) is 0 Å². The minimum atomic E-state index is -3.89. The molecular formula is C61H79Cl8N12O18P3. The van der Waals surface area contributed by atoms with Gasteiger partial charge in [0, 0.05) is 146 Å². The van der Waals surface area contributed by atoms with Crippen molar-refractivity contribution < 1.29 is 65.1 Å². The van der Waals surface area contributed by atoms with Crippen LogP contribution in [0.5, 0.6) is 17.2 Å². The van der Waals surface area contributed by atoms with Gasteiger partial charge >= 0.3 is 32.9 Å².